The van der Waals surface area contributed by atoms with Crippen LogP contribution in [0, 0.1) is 11.3 Å². The maximum absolute atomic E-state index is 13.8. The molecule has 0 radical (unpaired) electrons. The summed E-state index contributed by atoms with van der Waals surface area (Å²) in [6.07, 6.45) is 10.2. The van der Waals surface area contributed by atoms with Gasteiger partial charge in [0.15, 0.2) is 5.65 Å². The third-order valence-electron chi connectivity index (χ3n) is 8.86. The maximum Gasteiger partial charge on any atom is 0.407 e. The molecule has 1 aromatic carbocycles. The molecule has 2 aliphatic heterocycles. The van der Waals surface area contributed by atoms with Gasteiger partial charge in [0.05, 0.1) is 13.7 Å². The molecular formula is C31H38N6O6. The van der Waals surface area contributed by atoms with E-state index in [0.29, 0.717) is 17.9 Å². The van der Waals surface area contributed by atoms with E-state index in [1.807, 2.05) is 38.1 Å². The number of ether oxygens (including phenoxy) is 3. The molecule has 2 saturated carbocycles. The molecule has 0 saturated heterocycles. The summed E-state index contributed by atoms with van der Waals surface area (Å²) in [5.41, 5.74) is -0.0964. The Morgan fingerprint density at radius 1 is 1.12 bits per heavy atom. The number of rotatable bonds is 2. The minimum atomic E-state index is -1.29. The largest absolute Gasteiger partial charge is 0.473 e. The predicted octanol–water partition coefficient (Wildman–Crippen LogP) is 3.96. The lowest BCUT2D eigenvalue weighted by Crippen LogP contribution is -2.68. The molecule has 2 aromatic heterocycles. The Morgan fingerprint density at radius 2 is 1.91 bits per heavy atom. The molecule has 12 nitrogen and oxygen atoms in total. The zero-order valence-electron chi connectivity index (χ0n) is 24.8. The number of benzene rings is 1. The predicted molar refractivity (Wildman–Crippen MR) is 157 cm³/mol. The zero-order chi connectivity index (χ0) is 30.2. The topological polar surface area (TPSA) is 146 Å². The van der Waals surface area contributed by atoms with Crippen LogP contribution in [0.3, 0.4) is 0 Å². The SMILES string of the molecule is COC(=O)C12CC(C1)Oc1nn3cnnc3c3ccc(cc13)C=CCC(C)(C)COC(=O)N[C@@H](C1CCCCC1)C(=O)N2. The fourth-order valence-corrected chi connectivity index (χ4v) is 6.41. The van der Waals surface area contributed by atoms with Crippen molar-refractivity contribution in [2.75, 3.05) is 13.7 Å². The minimum Gasteiger partial charge on any atom is -0.473 e. The first-order chi connectivity index (χ1) is 20.7. The van der Waals surface area contributed by atoms with Crippen molar-refractivity contribution in [3.8, 4) is 5.88 Å². The molecular weight excluding hydrogens is 552 g/mol. The van der Waals surface area contributed by atoms with Gasteiger partial charge in [0.25, 0.3) is 0 Å². The standard InChI is InChI=1S/C31H38N6O6/c1-30(2)13-7-8-19-11-12-22-23(14-19)27(36-37-18-32-35-25(22)37)43-21-15-31(16-21,28(39)41-3)34-26(38)24(33-29(40)42-17-30)20-9-5-4-6-10-20/h7-8,11-12,14,18,20-21,24H,4-6,9-10,13,15-17H2,1-3H3,(H,33,40)(H,34,38)/t21?,24-,31?/m0/s1. The van der Waals surface area contributed by atoms with Crippen LogP contribution in [0.25, 0.3) is 22.5 Å². The highest BCUT2D eigenvalue weighted by atomic mass is 16.5. The van der Waals surface area contributed by atoms with Crippen molar-refractivity contribution in [1.82, 2.24) is 30.4 Å². The highest BCUT2D eigenvalue weighted by molar-refractivity contribution is 5.98. The fourth-order valence-electron chi connectivity index (χ4n) is 6.41. The van der Waals surface area contributed by atoms with Gasteiger partial charge in [-0.3, -0.25) is 4.79 Å². The summed E-state index contributed by atoms with van der Waals surface area (Å²) < 4.78 is 18.7. The number of aromatic nitrogens is 4. The number of carbonyl (C=O) groups is 3. The van der Waals surface area contributed by atoms with Crippen LogP contribution >= 0.6 is 0 Å². The number of esters is 1. The van der Waals surface area contributed by atoms with Gasteiger partial charge in [-0.15, -0.1) is 15.3 Å². The molecule has 228 valence electrons. The Labute approximate surface area is 249 Å². The van der Waals surface area contributed by atoms with E-state index in [1.54, 1.807) is 4.52 Å². The van der Waals surface area contributed by atoms with Crippen molar-refractivity contribution in [1.29, 1.82) is 0 Å². The molecule has 1 atom stereocenters. The van der Waals surface area contributed by atoms with Crippen molar-refractivity contribution >= 4 is 40.5 Å². The number of allylic oxidation sites excluding steroid dienone is 1. The summed E-state index contributed by atoms with van der Waals surface area (Å²) in [6, 6.07) is 5.10. The summed E-state index contributed by atoms with van der Waals surface area (Å²) in [5, 5.41) is 20.2. The van der Waals surface area contributed by atoms with E-state index in [4.69, 9.17) is 14.2 Å². The third-order valence-corrected chi connectivity index (χ3v) is 8.86. The van der Waals surface area contributed by atoms with E-state index in [1.165, 1.54) is 13.4 Å². The van der Waals surface area contributed by atoms with Crippen molar-refractivity contribution in [2.45, 2.75) is 82.9 Å². The van der Waals surface area contributed by atoms with Crippen LogP contribution in [-0.4, -0.2) is 69.2 Å². The number of carbonyl (C=O) groups excluding carboxylic acids is 3. The molecule has 3 aromatic rings. The van der Waals surface area contributed by atoms with Crippen LogP contribution in [-0.2, 0) is 19.1 Å². The molecule has 7 rings (SSSR count). The molecule has 2 fully saturated rings. The lowest BCUT2D eigenvalue weighted by molar-refractivity contribution is -0.160. The van der Waals surface area contributed by atoms with E-state index >= 15 is 0 Å². The van der Waals surface area contributed by atoms with Gasteiger partial charge < -0.3 is 24.8 Å². The normalized spacial score (nSPS) is 26.7. The van der Waals surface area contributed by atoms with E-state index in [0.717, 1.165) is 48.4 Å². The van der Waals surface area contributed by atoms with Gasteiger partial charge in [-0.1, -0.05) is 51.3 Å². The highest BCUT2D eigenvalue weighted by Crippen LogP contribution is 2.39. The molecule has 2 amide bonds. The average molecular weight is 591 g/mol. The molecule has 4 bridgehead atoms. The number of hydrogen-bond donors (Lipinski definition) is 2. The van der Waals surface area contributed by atoms with Crippen LogP contribution in [0.4, 0.5) is 4.79 Å². The molecule has 4 heterocycles. The third kappa shape index (κ3) is 5.87. The van der Waals surface area contributed by atoms with Crippen molar-refractivity contribution in [3.05, 3.63) is 36.2 Å². The summed E-state index contributed by atoms with van der Waals surface area (Å²) >= 11 is 0. The molecule has 2 aliphatic carbocycles. The van der Waals surface area contributed by atoms with E-state index in [-0.39, 0.29) is 30.8 Å². The maximum atomic E-state index is 13.8. The second-order valence-corrected chi connectivity index (χ2v) is 12.8. The van der Waals surface area contributed by atoms with Gasteiger partial charge in [0.1, 0.15) is 24.0 Å². The van der Waals surface area contributed by atoms with E-state index in [2.05, 4.69) is 32.0 Å². The summed E-state index contributed by atoms with van der Waals surface area (Å²) in [5.74, 6) is -0.663. The van der Waals surface area contributed by atoms with Crippen molar-refractivity contribution in [2.24, 2.45) is 11.3 Å². The van der Waals surface area contributed by atoms with Crippen LogP contribution in [0.5, 0.6) is 5.88 Å². The Kier molecular flexibility index (Phi) is 7.70. The van der Waals surface area contributed by atoms with Gasteiger partial charge in [-0.25, -0.2) is 9.59 Å². The smallest absolute Gasteiger partial charge is 0.407 e. The van der Waals surface area contributed by atoms with Gasteiger partial charge in [-0.2, -0.15) is 4.52 Å². The van der Waals surface area contributed by atoms with Crippen LogP contribution in [0.2, 0.25) is 0 Å². The van der Waals surface area contributed by atoms with E-state index < -0.39 is 35.7 Å². The summed E-state index contributed by atoms with van der Waals surface area (Å²) in [7, 11) is 1.30. The Balaban J connectivity index is 1.36. The summed E-state index contributed by atoms with van der Waals surface area (Å²) in [4.78, 5) is 39.9. The van der Waals surface area contributed by atoms with Gasteiger partial charge >= 0.3 is 12.1 Å². The number of alkyl carbamates (subject to hydrolysis) is 1. The highest BCUT2D eigenvalue weighted by Gasteiger charge is 2.55. The van der Waals surface area contributed by atoms with E-state index in [9.17, 15) is 14.4 Å². The molecule has 43 heavy (non-hydrogen) atoms. The number of methoxy groups -OCH3 is 1. The zero-order valence-corrected chi connectivity index (χ0v) is 24.8. The second kappa shape index (κ2) is 11.5. The molecule has 0 spiro atoms. The van der Waals surface area contributed by atoms with Crippen molar-refractivity contribution < 1.29 is 28.6 Å². The number of nitrogens with zero attached hydrogens (tertiary/aromatic N) is 4. The van der Waals surface area contributed by atoms with Crippen LogP contribution in [0.15, 0.2) is 30.6 Å². The van der Waals surface area contributed by atoms with Gasteiger partial charge in [0, 0.05) is 29.0 Å². The van der Waals surface area contributed by atoms with Gasteiger partial charge in [0.2, 0.25) is 11.8 Å². The Bertz CT molecular complexity index is 1570. The number of nitrogens with one attached hydrogen (secondary N) is 2. The monoisotopic (exact) mass is 590 g/mol. The second-order valence-electron chi connectivity index (χ2n) is 12.8. The first kappa shape index (κ1) is 28.9. The number of amides is 2. The Hall–Kier alpha value is -4.22. The summed E-state index contributed by atoms with van der Waals surface area (Å²) in [6.45, 7) is 4.20. The average Bonchev–Trinajstić information content (AvgIpc) is 3.46. The minimum absolute atomic E-state index is 0.0625. The first-order valence-corrected chi connectivity index (χ1v) is 15.0. The quantitative estimate of drug-likeness (QED) is 0.424. The van der Waals surface area contributed by atoms with Crippen molar-refractivity contribution in [3.63, 3.8) is 0 Å². The lowest BCUT2D eigenvalue weighted by Gasteiger charge is -2.45. The van der Waals surface area contributed by atoms with Crippen LogP contribution in [0.1, 0.15) is 70.8 Å². The molecule has 2 N–H and O–H groups in total. The molecule has 4 aliphatic rings. The molecule has 0 unspecified atom stereocenters. The number of hydrogen-bond acceptors (Lipinski definition) is 9. The Morgan fingerprint density at radius 3 is 2.67 bits per heavy atom. The van der Waals surface area contributed by atoms with Crippen LogP contribution < -0.4 is 15.4 Å². The first-order valence-electron chi connectivity index (χ1n) is 15.0. The fraction of sp³-hybridized carbons (Fsp3) is 0.548. The number of fused-ring (bicyclic) bond motifs is 11. The van der Waals surface area contributed by atoms with Gasteiger partial charge in [-0.05, 0) is 42.9 Å². The lowest BCUT2D eigenvalue weighted by atomic mass is 9.73. The molecule has 12 heteroatoms.